The molecule has 5 heteroatoms. The van der Waals surface area contributed by atoms with Crippen LogP contribution in [0.2, 0.25) is 0 Å². The summed E-state index contributed by atoms with van der Waals surface area (Å²) in [5.41, 5.74) is 12.4. The van der Waals surface area contributed by atoms with Gasteiger partial charge in [-0.15, -0.1) is 0 Å². The van der Waals surface area contributed by atoms with E-state index in [2.05, 4.69) is 9.88 Å². The molecule has 19 heavy (non-hydrogen) atoms. The molecule has 0 spiro atoms. The first-order chi connectivity index (χ1) is 9.16. The summed E-state index contributed by atoms with van der Waals surface area (Å²) in [6.45, 7) is 1.61. The van der Waals surface area contributed by atoms with Crippen LogP contribution in [-0.2, 0) is 0 Å². The van der Waals surface area contributed by atoms with E-state index in [1.165, 1.54) is 6.07 Å². The van der Waals surface area contributed by atoms with Crippen molar-refractivity contribution in [2.24, 2.45) is 5.73 Å². The standard InChI is InChI=1S/C14H17FN4/c15-11-1-2-12(17)10-3-6-18-14(13(10)11)19-7-4-9(16)5-8-19/h1-3,6,9H,4-5,7-8,16-17H2. The average Bonchev–Trinajstić information content (AvgIpc) is 2.43. The molecule has 2 aromatic rings. The number of aromatic nitrogens is 1. The van der Waals surface area contributed by atoms with E-state index in [1.54, 1.807) is 18.3 Å². The Kier molecular flexibility index (Phi) is 2.98. The van der Waals surface area contributed by atoms with Crippen LogP contribution in [-0.4, -0.2) is 24.1 Å². The minimum atomic E-state index is -0.276. The van der Waals surface area contributed by atoms with Crippen LogP contribution in [0.3, 0.4) is 0 Å². The summed E-state index contributed by atoms with van der Waals surface area (Å²) in [6, 6.07) is 4.99. The predicted molar refractivity (Wildman–Crippen MR) is 75.5 cm³/mol. The van der Waals surface area contributed by atoms with Gasteiger partial charge in [0.2, 0.25) is 0 Å². The molecular weight excluding hydrogens is 243 g/mol. The Morgan fingerprint density at radius 2 is 1.95 bits per heavy atom. The van der Waals surface area contributed by atoms with Crippen LogP contribution in [0.5, 0.6) is 0 Å². The second-order valence-corrected chi connectivity index (χ2v) is 5.02. The number of hydrogen-bond acceptors (Lipinski definition) is 4. The Morgan fingerprint density at radius 3 is 2.68 bits per heavy atom. The molecule has 0 amide bonds. The van der Waals surface area contributed by atoms with E-state index >= 15 is 0 Å². The van der Waals surface area contributed by atoms with Crippen molar-refractivity contribution < 1.29 is 4.39 Å². The molecule has 0 unspecified atom stereocenters. The molecule has 100 valence electrons. The molecule has 3 rings (SSSR count). The molecule has 1 aromatic heterocycles. The number of anilines is 2. The van der Waals surface area contributed by atoms with E-state index in [4.69, 9.17) is 11.5 Å². The molecule has 0 saturated carbocycles. The highest BCUT2D eigenvalue weighted by molar-refractivity contribution is 5.99. The highest BCUT2D eigenvalue weighted by Crippen LogP contribution is 2.31. The number of pyridine rings is 1. The lowest BCUT2D eigenvalue weighted by atomic mass is 10.0. The maximum Gasteiger partial charge on any atom is 0.139 e. The van der Waals surface area contributed by atoms with Crippen LogP contribution in [0, 0.1) is 5.82 Å². The topological polar surface area (TPSA) is 68.2 Å². The normalized spacial score (nSPS) is 17.1. The molecule has 1 saturated heterocycles. The van der Waals surface area contributed by atoms with E-state index in [0.717, 1.165) is 31.3 Å². The second-order valence-electron chi connectivity index (χ2n) is 5.02. The van der Waals surface area contributed by atoms with Crippen molar-refractivity contribution in [1.82, 2.24) is 4.98 Å². The molecule has 2 heterocycles. The van der Waals surface area contributed by atoms with Crippen LogP contribution >= 0.6 is 0 Å². The number of halogens is 1. The van der Waals surface area contributed by atoms with Crippen molar-refractivity contribution in [2.75, 3.05) is 23.7 Å². The number of fused-ring (bicyclic) bond motifs is 1. The number of nitrogen functional groups attached to an aromatic ring is 1. The van der Waals surface area contributed by atoms with Crippen LogP contribution in [0.4, 0.5) is 15.9 Å². The van der Waals surface area contributed by atoms with E-state index < -0.39 is 0 Å². The van der Waals surface area contributed by atoms with E-state index in [-0.39, 0.29) is 11.9 Å². The third-order valence-corrected chi connectivity index (χ3v) is 3.73. The summed E-state index contributed by atoms with van der Waals surface area (Å²) >= 11 is 0. The summed E-state index contributed by atoms with van der Waals surface area (Å²) in [4.78, 5) is 6.44. The zero-order chi connectivity index (χ0) is 13.4. The molecule has 0 atom stereocenters. The fourth-order valence-corrected chi connectivity index (χ4v) is 2.61. The Balaban J connectivity index is 2.11. The van der Waals surface area contributed by atoms with Gasteiger partial charge in [-0.05, 0) is 31.0 Å². The second kappa shape index (κ2) is 4.66. The molecule has 0 radical (unpaired) electrons. The maximum absolute atomic E-state index is 14.1. The van der Waals surface area contributed by atoms with Gasteiger partial charge < -0.3 is 16.4 Å². The number of benzene rings is 1. The zero-order valence-electron chi connectivity index (χ0n) is 10.6. The predicted octanol–water partition coefficient (Wildman–Crippen LogP) is 1.88. The zero-order valence-corrected chi connectivity index (χ0v) is 10.6. The van der Waals surface area contributed by atoms with Crippen molar-refractivity contribution in [1.29, 1.82) is 0 Å². The first-order valence-electron chi connectivity index (χ1n) is 6.50. The number of nitrogens with zero attached hydrogens (tertiary/aromatic N) is 2. The molecule has 4 nitrogen and oxygen atoms in total. The van der Waals surface area contributed by atoms with Gasteiger partial charge in [0.1, 0.15) is 11.6 Å². The van der Waals surface area contributed by atoms with Gasteiger partial charge in [0.05, 0.1) is 5.39 Å². The van der Waals surface area contributed by atoms with Gasteiger partial charge in [-0.2, -0.15) is 0 Å². The Morgan fingerprint density at radius 1 is 1.21 bits per heavy atom. The Hall–Kier alpha value is -1.88. The van der Waals surface area contributed by atoms with Gasteiger partial charge in [-0.1, -0.05) is 0 Å². The van der Waals surface area contributed by atoms with E-state index in [9.17, 15) is 4.39 Å². The lowest BCUT2D eigenvalue weighted by molar-refractivity contribution is 0.499. The van der Waals surface area contributed by atoms with Crippen LogP contribution in [0.25, 0.3) is 10.8 Å². The SMILES string of the molecule is Nc1ccc(F)c2c(N3CCC(N)CC3)nccc12. The molecule has 1 aliphatic heterocycles. The molecular formula is C14H17FN4. The monoisotopic (exact) mass is 260 g/mol. The summed E-state index contributed by atoms with van der Waals surface area (Å²) in [7, 11) is 0. The van der Waals surface area contributed by atoms with Crippen LogP contribution in [0.15, 0.2) is 24.4 Å². The third kappa shape index (κ3) is 2.10. The fourth-order valence-electron chi connectivity index (χ4n) is 2.61. The molecule has 1 aliphatic rings. The number of nitrogens with two attached hydrogens (primary N) is 2. The summed E-state index contributed by atoms with van der Waals surface area (Å²) < 4.78 is 14.1. The lowest BCUT2D eigenvalue weighted by Gasteiger charge is -2.31. The number of piperidine rings is 1. The van der Waals surface area contributed by atoms with E-state index in [0.29, 0.717) is 16.9 Å². The van der Waals surface area contributed by atoms with Gasteiger partial charge >= 0.3 is 0 Å². The number of hydrogen-bond donors (Lipinski definition) is 2. The largest absolute Gasteiger partial charge is 0.398 e. The van der Waals surface area contributed by atoms with Gasteiger partial charge in [0.25, 0.3) is 0 Å². The Bertz CT molecular complexity index is 606. The summed E-state index contributed by atoms with van der Waals surface area (Å²) in [5, 5.41) is 1.23. The van der Waals surface area contributed by atoms with Gasteiger partial charge in [-0.25, -0.2) is 9.37 Å². The average molecular weight is 260 g/mol. The van der Waals surface area contributed by atoms with Crippen molar-refractivity contribution in [2.45, 2.75) is 18.9 Å². The van der Waals surface area contributed by atoms with Crippen molar-refractivity contribution in [3.8, 4) is 0 Å². The highest BCUT2D eigenvalue weighted by Gasteiger charge is 2.20. The van der Waals surface area contributed by atoms with Crippen molar-refractivity contribution >= 4 is 22.3 Å². The molecule has 1 aromatic carbocycles. The first-order valence-corrected chi connectivity index (χ1v) is 6.50. The minimum absolute atomic E-state index is 0.237. The molecule has 1 fully saturated rings. The minimum Gasteiger partial charge on any atom is -0.398 e. The third-order valence-electron chi connectivity index (χ3n) is 3.73. The maximum atomic E-state index is 14.1. The van der Waals surface area contributed by atoms with Gasteiger partial charge in [0, 0.05) is 36.4 Å². The fraction of sp³-hybridized carbons (Fsp3) is 0.357. The molecule has 0 aliphatic carbocycles. The summed E-state index contributed by atoms with van der Waals surface area (Å²) in [5.74, 6) is 0.399. The van der Waals surface area contributed by atoms with Crippen molar-refractivity contribution in [3.63, 3.8) is 0 Å². The number of rotatable bonds is 1. The lowest BCUT2D eigenvalue weighted by Crippen LogP contribution is -2.40. The van der Waals surface area contributed by atoms with Crippen molar-refractivity contribution in [3.05, 3.63) is 30.2 Å². The smallest absolute Gasteiger partial charge is 0.139 e. The highest BCUT2D eigenvalue weighted by atomic mass is 19.1. The van der Waals surface area contributed by atoms with Crippen LogP contribution < -0.4 is 16.4 Å². The molecule has 4 N–H and O–H groups in total. The molecule has 0 bridgehead atoms. The summed E-state index contributed by atoms with van der Waals surface area (Å²) in [6.07, 6.45) is 3.49. The van der Waals surface area contributed by atoms with Gasteiger partial charge in [0.15, 0.2) is 0 Å². The Labute approximate surface area is 111 Å². The first kappa shape index (κ1) is 12.2. The van der Waals surface area contributed by atoms with E-state index in [1.807, 2.05) is 0 Å². The van der Waals surface area contributed by atoms with Crippen LogP contribution in [0.1, 0.15) is 12.8 Å². The van der Waals surface area contributed by atoms with Gasteiger partial charge in [-0.3, -0.25) is 0 Å². The quantitative estimate of drug-likeness (QED) is 0.768.